The number of ether oxygens (including phenoxy) is 2. The van der Waals surface area contributed by atoms with E-state index in [0.717, 1.165) is 44.6 Å². The Morgan fingerprint density at radius 2 is 1.14 bits per heavy atom. The van der Waals surface area contributed by atoms with Gasteiger partial charge in [-0.25, -0.2) is 36.7 Å². The van der Waals surface area contributed by atoms with Crippen molar-refractivity contribution in [3.05, 3.63) is 146 Å². The van der Waals surface area contributed by atoms with Gasteiger partial charge in [0.15, 0.2) is 0 Å². The molecule has 12 nitrogen and oxygen atoms in total. The summed E-state index contributed by atoms with van der Waals surface area (Å²) in [5.74, 6) is -2.86. The zero-order valence-electron chi connectivity index (χ0n) is 35.4. The number of hydrogen-bond acceptors (Lipinski definition) is 8. The molecule has 4 aromatic carbocycles. The van der Waals surface area contributed by atoms with E-state index < -0.39 is 41.4 Å². The highest BCUT2D eigenvalue weighted by Gasteiger charge is 2.33. The van der Waals surface area contributed by atoms with Gasteiger partial charge < -0.3 is 31.2 Å². The number of aromatic nitrogens is 2. The largest absolute Gasteiger partial charge is 0.446 e. The molecule has 2 atom stereocenters. The van der Waals surface area contributed by atoms with Crippen LogP contribution in [0.4, 0.5) is 38.5 Å². The first-order valence-corrected chi connectivity index (χ1v) is 22.1. The number of carbonyl (C=O) groups excluding carboxylic acids is 4. The van der Waals surface area contributed by atoms with Gasteiger partial charge in [0.25, 0.3) is 11.8 Å². The van der Waals surface area contributed by atoms with Gasteiger partial charge in [0.2, 0.25) is 0 Å². The summed E-state index contributed by atoms with van der Waals surface area (Å²) < 4.78 is 66.9. The molecule has 66 heavy (non-hydrogen) atoms. The molecule has 3 amide bonds. The van der Waals surface area contributed by atoms with E-state index in [9.17, 15) is 36.7 Å². The van der Waals surface area contributed by atoms with Crippen molar-refractivity contribution in [1.82, 2.24) is 14.9 Å². The fourth-order valence-electron chi connectivity index (χ4n) is 8.49. The van der Waals surface area contributed by atoms with E-state index in [1.54, 1.807) is 12.4 Å². The average molecular weight is 974 g/mol. The number of nitrogens with two attached hydrogens (primary N) is 1. The molecule has 1 heterocycles. The zero-order chi connectivity index (χ0) is 46.2. The number of amides is 3. The van der Waals surface area contributed by atoms with Gasteiger partial charge in [-0.05, 0) is 149 Å². The third-order valence-corrected chi connectivity index (χ3v) is 12.3. The average Bonchev–Trinajstić information content (AvgIpc) is 4.14. The van der Waals surface area contributed by atoms with Gasteiger partial charge in [-0.2, -0.15) is 0 Å². The summed E-state index contributed by atoms with van der Waals surface area (Å²) in [4.78, 5) is 52.5. The Labute approximate surface area is 394 Å². The van der Waals surface area contributed by atoms with Gasteiger partial charge in [-0.15, -0.1) is 12.4 Å². The molecule has 0 bridgehead atoms. The SMILES string of the molecule is Cl.N[C@H]1CCc2c(C(=O)Nc3ccc(F)c(Cl)c3)ccc(F)c21.O=C(N[C@H]1CCc2c(C(=O)Nc3ccc(F)c(Cl)c3)ccc(F)c21)OC1CCCC1.O=C(OC1CCCC1)n1ccnc1. The van der Waals surface area contributed by atoms with E-state index in [1.807, 2.05) is 0 Å². The first-order valence-electron chi connectivity index (χ1n) is 21.3. The van der Waals surface area contributed by atoms with Crippen molar-refractivity contribution in [2.45, 2.75) is 101 Å². The molecule has 4 aliphatic rings. The van der Waals surface area contributed by atoms with Crippen molar-refractivity contribution in [2.75, 3.05) is 10.6 Å². The summed E-state index contributed by atoms with van der Waals surface area (Å²) in [6.45, 7) is 0. The molecule has 2 saturated carbocycles. The summed E-state index contributed by atoms with van der Waals surface area (Å²) in [5.41, 5.74) is 9.16. The highest BCUT2D eigenvalue weighted by Crippen LogP contribution is 2.37. The lowest BCUT2D eigenvalue weighted by Gasteiger charge is -2.18. The number of anilines is 2. The van der Waals surface area contributed by atoms with Gasteiger partial charge in [0.05, 0.1) is 16.1 Å². The molecule has 0 unspecified atom stereocenters. The molecule has 0 aliphatic heterocycles. The topological polar surface area (TPSA) is 167 Å². The van der Waals surface area contributed by atoms with Crippen molar-refractivity contribution in [3.63, 3.8) is 0 Å². The summed E-state index contributed by atoms with van der Waals surface area (Å²) in [6, 6.07) is 12.1. The fourth-order valence-corrected chi connectivity index (χ4v) is 8.85. The molecular weight excluding hydrogens is 927 g/mol. The number of fused-ring (bicyclic) bond motifs is 2. The molecule has 19 heteroatoms. The minimum atomic E-state index is -0.587. The van der Waals surface area contributed by atoms with Crippen LogP contribution in [-0.2, 0) is 22.3 Å². The molecule has 0 spiro atoms. The van der Waals surface area contributed by atoms with Gasteiger partial charge >= 0.3 is 12.2 Å². The van der Waals surface area contributed by atoms with Gasteiger partial charge in [-0.1, -0.05) is 23.2 Å². The highest BCUT2D eigenvalue weighted by atomic mass is 35.5. The number of hydrogen-bond donors (Lipinski definition) is 4. The van der Waals surface area contributed by atoms with Crippen LogP contribution >= 0.6 is 35.6 Å². The Morgan fingerprint density at radius 3 is 1.65 bits per heavy atom. The van der Waals surface area contributed by atoms with E-state index in [1.165, 1.54) is 78.3 Å². The number of halogens is 7. The molecule has 9 rings (SSSR count). The van der Waals surface area contributed by atoms with E-state index in [-0.39, 0.29) is 52.6 Å². The van der Waals surface area contributed by atoms with Crippen LogP contribution in [0.3, 0.4) is 0 Å². The Bertz CT molecular complexity index is 2560. The number of nitrogens with zero attached hydrogens (tertiary/aromatic N) is 2. The van der Waals surface area contributed by atoms with Gasteiger partial charge in [0.1, 0.15) is 41.8 Å². The molecule has 0 saturated heterocycles. The zero-order valence-corrected chi connectivity index (χ0v) is 37.7. The lowest BCUT2D eigenvalue weighted by molar-refractivity contribution is 0.0973. The summed E-state index contributed by atoms with van der Waals surface area (Å²) in [5, 5.41) is 7.84. The van der Waals surface area contributed by atoms with Crippen LogP contribution in [0, 0.1) is 23.3 Å². The summed E-state index contributed by atoms with van der Waals surface area (Å²) in [6.07, 6.45) is 14.0. The predicted octanol–water partition coefficient (Wildman–Crippen LogP) is 11.6. The van der Waals surface area contributed by atoms with Gasteiger partial charge in [-0.3, -0.25) is 9.59 Å². The molecule has 350 valence electrons. The van der Waals surface area contributed by atoms with Crippen molar-refractivity contribution >= 4 is 71.0 Å². The van der Waals surface area contributed by atoms with Crippen LogP contribution in [0.5, 0.6) is 0 Å². The monoisotopic (exact) mass is 972 g/mol. The lowest BCUT2D eigenvalue weighted by atomic mass is 10.0. The Balaban J connectivity index is 0.000000175. The minimum Gasteiger partial charge on any atom is -0.446 e. The first-order chi connectivity index (χ1) is 31.2. The molecule has 2 fully saturated rings. The number of nitrogens with one attached hydrogen (secondary N) is 3. The van der Waals surface area contributed by atoms with Crippen molar-refractivity contribution in [2.24, 2.45) is 5.73 Å². The second-order valence-corrected chi connectivity index (χ2v) is 16.9. The van der Waals surface area contributed by atoms with E-state index >= 15 is 0 Å². The van der Waals surface area contributed by atoms with E-state index in [2.05, 4.69) is 20.9 Å². The van der Waals surface area contributed by atoms with Crippen LogP contribution in [0.15, 0.2) is 79.4 Å². The minimum absolute atomic E-state index is 0. The summed E-state index contributed by atoms with van der Waals surface area (Å²) in [7, 11) is 0. The first kappa shape index (κ1) is 49.7. The maximum Gasteiger partial charge on any atom is 0.419 e. The third kappa shape index (κ3) is 12.2. The molecule has 0 radical (unpaired) electrons. The van der Waals surface area contributed by atoms with E-state index in [4.69, 9.17) is 38.4 Å². The number of imidazole rings is 1. The van der Waals surface area contributed by atoms with Crippen LogP contribution in [0.1, 0.15) is 119 Å². The lowest BCUT2D eigenvalue weighted by Crippen LogP contribution is -2.31. The number of rotatable bonds is 7. The maximum atomic E-state index is 14.6. The highest BCUT2D eigenvalue weighted by molar-refractivity contribution is 6.31. The maximum absolute atomic E-state index is 14.6. The van der Waals surface area contributed by atoms with Crippen molar-refractivity contribution < 1.29 is 46.2 Å². The Kier molecular flexibility index (Phi) is 17.1. The molecule has 5 aromatic rings. The standard InChI is InChI=1S/C22H21ClF2N2O3.C16H13ClF2N2O.C9H12N2O2.ClH/c23-16-11-12(5-8-17(16)24)26-21(28)15-6-9-18(25)20-14(15)7-10-19(20)27-22(29)30-13-3-1-2-4-13;17-11-7-8(1-4-12(11)18)21-16(22)10-2-5-13(19)15-9(10)3-6-14(15)20;12-9(11-6-5-10-7-11)13-8-3-1-2-4-8;/h5-6,8-9,11,13,19H,1-4,7,10H2,(H,26,28)(H,27,29);1-2,4-5,7,14H,3,6,20H2,(H,21,22);5-8H,1-4H2;1H/t19-;14-;;/m00../s1. The van der Waals surface area contributed by atoms with Gasteiger partial charge in [0, 0.05) is 52.1 Å². The normalized spacial score (nSPS) is 17.2. The van der Waals surface area contributed by atoms with Crippen LogP contribution in [0.2, 0.25) is 10.0 Å². The molecule has 5 N–H and O–H groups in total. The van der Waals surface area contributed by atoms with Crippen molar-refractivity contribution in [1.29, 1.82) is 0 Å². The van der Waals surface area contributed by atoms with Crippen molar-refractivity contribution in [3.8, 4) is 0 Å². The number of carbonyl (C=O) groups is 4. The third-order valence-electron chi connectivity index (χ3n) is 11.7. The predicted molar refractivity (Wildman–Crippen MR) is 243 cm³/mol. The molecule has 1 aromatic heterocycles. The van der Waals surface area contributed by atoms with Crippen LogP contribution in [-0.4, -0.2) is 45.8 Å². The second kappa shape index (κ2) is 22.7. The van der Waals surface area contributed by atoms with E-state index in [0.29, 0.717) is 70.4 Å². The number of alkyl carbamates (subject to hydrolysis) is 1. The summed E-state index contributed by atoms with van der Waals surface area (Å²) >= 11 is 11.4. The van der Waals surface area contributed by atoms with Crippen LogP contribution in [0.25, 0.3) is 0 Å². The molecule has 4 aliphatic carbocycles. The Hall–Kier alpha value is -5.68. The Morgan fingerprint density at radius 1 is 0.652 bits per heavy atom. The number of benzene rings is 4. The smallest absolute Gasteiger partial charge is 0.419 e. The quantitative estimate of drug-likeness (QED) is 0.117. The molecular formula is C47H47Cl3F4N6O6. The fraction of sp³-hybridized carbons (Fsp3) is 0.340. The van der Waals surface area contributed by atoms with Crippen LogP contribution < -0.4 is 21.7 Å². The second-order valence-electron chi connectivity index (χ2n) is 16.1.